The molecule has 2 rings (SSSR count). The molecule has 1 aromatic rings. The van der Waals surface area contributed by atoms with Crippen LogP contribution in [0.25, 0.3) is 0 Å². The van der Waals surface area contributed by atoms with Crippen LogP contribution in [0.5, 0.6) is 0 Å². The summed E-state index contributed by atoms with van der Waals surface area (Å²) < 4.78 is 9.45. The van der Waals surface area contributed by atoms with Gasteiger partial charge in [-0.15, -0.1) is 11.3 Å². The number of carbonyl (C=O) groups is 3. The molecule has 0 fully saturated rings. The Morgan fingerprint density at radius 2 is 2.08 bits per heavy atom. The first kappa shape index (κ1) is 21.9. The Labute approximate surface area is 213 Å². The van der Waals surface area contributed by atoms with Crippen LogP contribution in [0.4, 0.5) is 0 Å². The molecular formula is C16H38KNO5S-16. The first-order valence-electron chi connectivity index (χ1n) is 7.76. The summed E-state index contributed by atoms with van der Waals surface area (Å²) in [4.78, 5) is 40.5. The van der Waals surface area contributed by atoms with Crippen molar-refractivity contribution in [3.05, 3.63) is 15.6 Å². The molecular weight excluding hydrogens is 357 g/mol. The predicted molar refractivity (Wildman–Crippen MR) is 103 cm³/mol. The monoisotopic (exact) mass is 429 g/mol. The van der Waals surface area contributed by atoms with E-state index in [1.165, 1.54) is 12.0 Å². The van der Waals surface area contributed by atoms with Gasteiger partial charge in [-0.3, -0.25) is 14.4 Å². The van der Waals surface area contributed by atoms with E-state index in [1.54, 1.807) is 18.3 Å². The van der Waals surface area contributed by atoms with Crippen molar-refractivity contribution < 1.29 is 99.5 Å². The summed E-state index contributed by atoms with van der Waals surface area (Å²) in [5, 5.41) is 0.902. The van der Waals surface area contributed by atoms with Gasteiger partial charge in [-0.1, -0.05) is 0 Å². The summed E-state index contributed by atoms with van der Waals surface area (Å²) in [6, 6.07) is 0. The molecule has 0 spiro atoms. The number of thiazole rings is 1. The van der Waals surface area contributed by atoms with E-state index < -0.39 is 5.97 Å². The van der Waals surface area contributed by atoms with Gasteiger partial charge in [0.25, 0.3) is 0 Å². The van der Waals surface area contributed by atoms with Crippen molar-refractivity contribution in [1.82, 2.24) is 4.98 Å². The molecule has 1 heterocycles. The maximum absolute atomic E-state index is 12.2. The molecule has 1 aliphatic carbocycles. The summed E-state index contributed by atoms with van der Waals surface area (Å²) in [6.07, 6.45) is 2.82. The SMILES string of the molecule is CCOC(=O)CC(=O)C1CCc2sc(CCC(=O)OC)nc2C1.[3H-].[3H-].[3H-].[3H-].[3H-].[3H-].[3H-].[3H-].[3H-].[3H-].[3H-].[3H-].[3H-].[3H-].[3H-].[3H-].[3H-].[K+]. The van der Waals surface area contributed by atoms with E-state index >= 15 is 0 Å². The molecule has 1 atom stereocenters. The van der Waals surface area contributed by atoms with Crippen LogP contribution in [0.2, 0.25) is 0 Å². The largest absolute Gasteiger partial charge is 1.00 e. The molecule has 8 heteroatoms. The van der Waals surface area contributed by atoms with Crippen LogP contribution < -0.4 is 51.4 Å². The van der Waals surface area contributed by atoms with Gasteiger partial charge in [0.15, 0.2) is 0 Å². The van der Waals surface area contributed by atoms with Gasteiger partial charge < -0.3 is 33.7 Å². The molecule has 0 amide bonds. The van der Waals surface area contributed by atoms with E-state index in [2.05, 4.69) is 9.72 Å². The van der Waals surface area contributed by atoms with Gasteiger partial charge in [0.05, 0.1) is 30.8 Å². The van der Waals surface area contributed by atoms with Crippen molar-refractivity contribution in [2.45, 2.75) is 45.4 Å². The Morgan fingerprint density at radius 3 is 2.75 bits per heavy atom. The molecule has 24 heavy (non-hydrogen) atoms. The van der Waals surface area contributed by atoms with Gasteiger partial charge in [0, 0.05) is 23.6 Å². The van der Waals surface area contributed by atoms with Crippen molar-refractivity contribution in [3.8, 4) is 0 Å². The van der Waals surface area contributed by atoms with E-state index in [4.69, 9.17) is 4.74 Å². The van der Waals surface area contributed by atoms with Crippen molar-refractivity contribution in [2.75, 3.05) is 13.7 Å². The Balaban J connectivity index is -0.0000000213. The number of fused-ring (bicyclic) bond motifs is 1. The molecule has 6 nitrogen and oxygen atoms in total. The topological polar surface area (TPSA) is 82.6 Å². The molecule has 0 N–H and O–H groups in total. The molecule has 0 saturated carbocycles. The number of ether oxygens (including phenoxy) is 2. The quantitative estimate of drug-likeness (QED) is 0.362. The van der Waals surface area contributed by atoms with Crippen molar-refractivity contribution in [1.29, 1.82) is 0 Å². The summed E-state index contributed by atoms with van der Waals surface area (Å²) in [7, 11) is 1.37. The number of carbonyl (C=O) groups excluding carboxylic acids is 3. The molecule has 0 aliphatic heterocycles. The summed E-state index contributed by atoms with van der Waals surface area (Å²) in [5.41, 5.74) is 0.934. The first-order chi connectivity index (χ1) is 11.0. The fourth-order valence-corrected chi connectivity index (χ4v) is 3.73. The third-order valence-corrected chi connectivity index (χ3v) is 5.05. The second-order valence-electron chi connectivity index (χ2n) is 5.44. The molecule has 0 radical (unpaired) electrons. The fourth-order valence-electron chi connectivity index (χ4n) is 2.62. The van der Waals surface area contributed by atoms with Gasteiger partial charge in [0.2, 0.25) is 0 Å². The molecule has 1 unspecified atom stereocenters. The van der Waals surface area contributed by atoms with Gasteiger partial charge >= 0.3 is 63.3 Å². The summed E-state index contributed by atoms with van der Waals surface area (Å²) in [6.45, 7) is 2.01. The fraction of sp³-hybridized carbons (Fsp3) is 0.625. The average Bonchev–Trinajstić information content (AvgIpc) is 2.94. The van der Waals surface area contributed by atoms with E-state index in [0.29, 0.717) is 19.3 Å². The number of rotatable bonds is 7. The summed E-state index contributed by atoms with van der Waals surface area (Å²) in [5.74, 6) is -0.943. The van der Waals surface area contributed by atoms with Crippen molar-refractivity contribution in [3.63, 3.8) is 0 Å². The third kappa shape index (κ3) is 6.31. The molecule has 0 saturated heterocycles. The number of aryl methyl sites for hydroxylation is 2. The first-order valence-corrected chi connectivity index (χ1v) is 8.57. The number of esters is 2. The zero-order valence-electron chi connectivity index (χ0n) is 31.4. The van der Waals surface area contributed by atoms with Crippen LogP contribution in [0.3, 0.4) is 0 Å². The number of Topliss-reactive ketones (excluding diaryl/α,β-unsaturated/α-hetero) is 1. The number of aromatic nitrogens is 1. The Morgan fingerprint density at radius 1 is 1.33 bits per heavy atom. The van der Waals surface area contributed by atoms with Crippen LogP contribution in [-0.2, 0) is 43.1 Å². The normalized spacial score (nSPS) is 15.8. The van der Waals surface area contributed by atoms with Crippen molar-refractivity contribution in [2.24, 2.45) is 5.92 Å². The van der Waals surface area contributed by atoms with E-state index in [1.807, 2.05) is 0 Å². The molecule has 1 aliphatic rings. The van der Waals surface area contributed by atoms with E-state index in [0.717, 1.165) is 23.5 Å². The van der Waals surface area contributed by atoms with Gasteiger partial charge in [-0.05, 0) is 19.8 Å². The molecule has 0 aromatic carbocycles. The number of methoxy groups -OCH3 is 1. The van der Waals surface area contributed by atoms with Crippen LogP contribution in [-0.4, -0.2) is 36.4 Å². The molecule has 0 bridgehead atoms. The van der Waals surface area contributed by atoms with Crippen LogP contribution in [0, 0.1) is 5.92 Å². The predicted octanol–water partition coefficient (Wildman–Crippen LogP) is 0.792. The minimum absolute atomic E-state index is 0. The molecule has 1 aromatic heterocycles. The van der Waals surface area contributed by atoms with E-state index in [9.17, 15) is 14.4 Å². The summed E-state index contributed by atoms with van der Waals surface area (Å²) >= 11 is 1.60. The van der Waals surface area contributed by atoms with Gasteiger partial charge in [-0.2, -0.15) is 0 Å². The maximum Gasteiger partial charge on any atom is 1.00 e. The van der Waals surface area contributed by atoms with Crippen LogP contribution >= 0.6 is 11.3 Å². The molecule has 160 valence electrons. The standard InChI is InChI=1S/C16H21NO5S.K.17H/c1-3-22-16(20)9-12(18)10-4-5-13-11(8-10)17-14(23-13)6-7-15(19)21-2;;;;;;;;;;;;;;;;;;/h10H,3-9H2,1-2H3;;;;;;;;;;;;;;;;;;/q;+1;17*-1/i;;17*1+2. The van der Waals surface area contributed by atoms with Gasteiger partial charge in [0.1, 0.15) is 12.2 Å². The average molecular weight is 430 g/mol. The maximum atomic E-state index is 12.2. The van der Waals surface area contributed by atoms with Crippen molar-refractivity contribution >= 4 is 29.1 Å². The second-order valence-corrected chi connectivity index (χ2v) is 6.61. The number of ketones is 1. The van der Waals surface area contributed by atoms with Gasteiger partial charge in [-0.25, -0.2) is 4.98 Å². The van der Waals surface area contributed by atoms with Crippen LogP contribution in [0.1, 0.15) is 66.0 Å². The second kappa shape index (κ2) is 10.8. The zero-order valence-corrected chi connectivity index (χ0v) is 18.4. The minimum atomic E-state index is -0.458. The minimum Gasteiger partial charge on any atom is -1.00 e. The van der Waals surface area contributed by atoms with Crippen LogP contribution in [0.15, 0.2) is 0 Å². The Kier molecular flexibility index (Phi) is 9.84. The number of hydrogen-bond acceptors (Lipinski definition) is 7. The smallest absolute Gasteiger partial charge is 1.00 e. The van der Waals surface area contributed by atoms with E-state index in [-0.39, 0.29) is 106 Å². The number of hydrogen-bond donors (Lipinski definition) is 0. The number of nitrogens with zero attached hydrogens (tertiary/aromatic N) is 1. The Bertz CT molecular complexity index is 641. The third-order valence-electron chi connectivity index (χ3n) is 3.83. The zero-order chi connectivity index (χ0) is 16.8. The Hall–Kier alpha value is -0.124.